The predicted molar refractivity (Wildman–Crippen MR) is 76.9 cm³/mol. The summed E-state index contributed by atoms with van der Waals surface area (Å²) in [6, 6.07) is 3.88. The summed E-state index contributed by atoms with van der Waals surface area (Å²) in [7, 11) is 1.53. The van der Waals surface area contributed by atoms with Crippen molar-refractivity contribution in [3.8, 4) is 12.3 Å². The van der Waals surface area contributed by atoms with Gasteiger partial charge in [-0.2, -0.15) is 13.2 Å². The number of benzene rings is 1. The molecule has 1 aromatic rings. The summed E-state index contributed by atoms with van der Waals surface area (Å²) in [6.45, 7) is 0.0347. The van der Waals surface area contributed by atoms with E-state index in [-0.39, 0.29) is 24.8 Å². The Morgan fingerprint density at radius 3 is 2.52 bits per heavy atom. The van der Waals surface area contributed by atoms with E-state index in [1.807, 2.05) is 0 Å². The highest BCUT2D eigenvalue weighted by Crippen LogP contribution is 2.38. The van der Waals surface area contributed by atoms with Crippen LogP contribution in [0.15, 0.2) is 24.3 Å². The van der Waals surface area contributed by atoms with Crippen LogP contribution in [0.2, 0.25) is 0 Å². The molecule has 1 saturated heterocycles. The molecule has 1 N–H and O–H groups in total. The van der Waals surface area contributed by atoms with Crippen molar-refractivity contribution in [3.05, 3.63) is 35.4 Å². The smallest absolute Gasteiger partial charge is 0.345 e. The van der Waals surface area contributed by atoms with Gasteiger partial charge in [-0.3, -0.25) is 9.59 Å². The minimum Gasteiger partial charge on any atom is -0.345 e. The number of halogens is 3. The van der Waals surface area contributed by atoms with Gasteiger partial charge in [0, 0.05) is 13.5 Å². The number of amides is 2. The summed E-state index contributed by atoms with van der Waals surface area (Å²) in [4.78, 5) is 25.4. The molecule has 0 aromatic heterocycles. The molecule has 2 unspecified atom stereocenters. The highest BCUT2D eigenvalue weighted by Gasteiger charge is 2.42. The first-order valence-corrected chi connectivity index (χ1v) is 6.89. The van der Waals surface area contributed by atoms with Crippen molar-refractivity contribution in [1.82, 2.24) is 10.2 Å². The number of rotatable bonds is 3. The number of alkyl halides is 3. The zero-order valence-corrected chi connectivity index (χ0v) is 12.4. The number of carbonyl (C=O) groups is 2. The summed E-state index contributed by atoms with van der Waals surface area (Å²) in [5.74, 6) is 0.961. The standard InChI is InChI=1S/C16H15F3N2O2/c1-3-8-20-15(23)12-9-13(22)21(2)14(12)10-4-6-11(7-5-10)16(17,18)19/h1,4-7,12,14H,8-9H2,2H3,(H,20,23). The van der Waals surface area contributed by atoms with Crippen LogP contribution in [0.25, 0.3) is 0 Å². The Labute approximate surface area is 131 Å². The van der Waals surface area contributed by atoms with Gasteiger partial charge in [0.1, 0.15) is 0 Å². The molecule has 1 heterocycles. The van der Waals surface area contributed by atoms with Gasteiger partial charge in [-0.1, -0.05) is 18.1 Å². The molecule has 0 bridgehead atoms. The largest absolute Gasteiger partial charge is 0.416 e. The van der Waals surface area contributed by atoms with Crippen LogP contribution in [-0.2, 0) is 15.8 Å². The minimum absolute atomic E-state index is 0.00140. The summed E-state index contributed by atoms with van der Waals surface area (Å²) in [5.41, 5.74) is -0.297. The quantitative estimate of drug-likeness (QED) is 0.864. The van der Waals surface area contributed by atoms with Crippen molar-refractivity contribution in [3.63, 3.8) is 0 Å². The second-order valence-corrected chi connectivity index (χ2v) is 5.30. The molecule has 0 aliphatic carbocycles. The van der Waals surface area contributed by atoms with Crippen molar-refractivity contribution in [1.29, 1.82) is 0 Å². The van der Waals surface area contributed by atoms with E-state index in [9.17, 15) is 22.8 Å². The molecule has 0 spiro atoms. The molecule has 1 aliphatic heterocycles. The van der Waals surface area contributed by atoms with Gasteiger partial charge >= 0.3 is 6.18 Å². The average Bonchev–Trinajstić information content (AvgIpc) is 2.80. The Hall–Kier alpha value is -2.49. The van der Waals surface area contributed by atoms with Crippen molar-refractivity contribution in [2.24, 2.45) is 5.92 Å². The molecule has 1 aromatic carbocycles. The van der Waals surface area contributed by atoms with Crippen LogP contribution in [0, 0.1) is 18.3 Å². The first-order valence-electron chi connectivity index (χ1n) is 6.89. The minimum atomic E-state index is -4.43. The zero-order chi connectivity index (χ0) is 17.2. The normalized spacial score (nSPS) is 21.2. The molecule has 0 saturated carbocycles. The number of nitrogens with one attached hydrogen (secondary N) is 1. The fraction of sp³-hybridized carbons (Fsp3) is 0.375. The maximum Gasteiger partial charge on any atom is 0.416 e. The van der Waals surface area contributed by atoms with Gasteiger partial charge in [-0.05, 0) is 17.7 Å². The van der Waals surface area contributed by atoms with Crippen LogP contribution in [0.4, 0.5) is 13.2 Å². The SMILES string of the molecule is C#CCNC(=O)C1CC(=O)N(C)C1c1ccc(C(F)(F)F)cc1. The number of hydrogen-bond acceptors (Lipinski definition) is 2. The molecule has 1 fully saturated rings. The van der Waals surface area contributed by atoms with Gasteiger partial charge in [0.05, 0.1) is 24.1 Å². The second kappa shape index (κ2) is 6.32. The highest BCUT2D eigenvalue weighted by atomic mass is 19.4. The first kappa shape index (κ1) is 16.9. The summed E-state index contributed by atoms with van der Waals surface area (Å²) in [6.07, 6.45) is 0.652. The van der Waals surface area contributed by atoms with Crippen molar-refractivity contribution in [2.45, 2.75) is 18.6 Å². The van der Waals surface area contributed by atoms with Gasteiger partial charge in [0.15, 0.2) is 0 Å². The Kier molecular flexibility index (Phi) is 4.64. The van der Waals surface area contributed by atoms with E-state index in [1.54, 1.807) is 0 Å². The Morgan fingerprint density at radius 2 is 2.00 bits per heavy atom. The Balaban J connectivity index is 2.28. The molecule has 1 aliphatic rings. The van der Waals surface area contributed by atoms with Crippen molar-refractivity contribution in [2.75, 3.05) is 13.6 Å². The first-order chi connectivity index (χ1) is 10.8. The lowest BCUT2D eigenvalue weighted by molar-refractivity contribution is -0.137. The number of carbonyl (C=O) groups excluding carboxylic acids is 2. The summed E-state index contributed by atoms with van der Waals surface area (Å²) < 4.78 is 37.9. The van der Waals surface area contributed by atoms with E-state index >= 15 is 0 Å². The summed E-state index contributed by atoms with van der Waals surface area (Å²) >= 11 is 0. The van der Waals surface area contributed by atoms with Crippen LogP contribution < -0.4 is 5.32 Å². The van der Waals surface area contributed by atoms with Gasteiger partial charge in [-0.25, -0.2) is 0 Å². The molecule has 2 rings (SSSR count). The molecular weight excluding hydrogens is 309 g/mol. The second-order valence-electron chi connectivity index (χ2n) is 5.30. The van der Waals surface area contributed by atoms with Crippen LogP contribution in [0.3, 0.4) is 0 Å². The lowest BCUT2D eigenvalue weighted by Gasteiger charge is -2.25. The van der Waals surface area contributed by atoms with Gasteiger partial charge < -0.3 is 10.2 Å². The zero-order valence-electron chi connectivity index (χ0n) is 12.4. The van der Waals surface area contributed by atoms with Gasteiger partial charge in [-0.15, -0.1) is 6.42 Å². The number of hydrogen-bond donors (Lipinski definition) is 1. The van der Waals surface area contributed by atoms with Crippen LogP contribution in [0.1, 0.15) is 23.6 Å². The lowest BCUT2D eigenvalue weighted by atomic mass is 9.92. The molecule has 2 atom stereocenters. The van der Waals surface area contributed by atoms with E-state index in [1.165, 1.54) is 24.1 Å². The monoisotopic (exact) mass is 324 g/mol. The fourth-order valence-electron chi connectivity index (χ4n) is 2.70. The van der Waals surface area contributed by atoms with Crippen molar-refractivity contribution < 1.29 is 22.8 Å². The van der Waals surface area contributed by atoms with Crippen LogP contribution in [0.5, 0.6) is 0 Å². The molecular formula is C16H15F3N2O2. The van der Waals surface area contributed by atoms with Crippen LogP contribution in [-0.4, -0.2) is 30.3 Å². The van der Waals surface area contributed by atoms with E-state index in [0.717, 1.165) is 12.1 Å². The average molecular weight is 324 g/mol. The van der Waals surface area contributed by atoms with Gasteiger partial charge in [0.2, 0.25) is 11.8 Å². The maximum absolute atomic E-state index is 12.6. The number of nitrogens with zero attached hydrogens (tertiary/aromatic N) is 1. The van der Waals surface area contributed by atoms with E-state index in [2.05, 4.69) is 11.2 Å². The third kappa shape index (κ3) is 3.47. The number of terminal acetylenes is 1. The molecule has 122 valence electrons. The third-order valence-electron chi connectivity index (χ3n) is 3.87. The summed E-state index contributed by atoms with van der Waals surface area (Å²) in [5, 5.41) is 2.52. The van der Waals surface area contributed by atoms with E-state index < -0.39 is 23.7 Å². The lowest BCUT2D eigenvalue weighted by Crippen LogP contribution is -2.34. The molecule has 23 heavy (non-hydrogen) atoms. The molecule has 2 amide bonds. The molecule has 0 radical (unpaired) electrons. The predicted octanol–water partition coefficient (Wildman–Crippen LogP) is 1.97. The number of likely N-dealkylation sites (tertiary alicyclic amines) is 1. The molecule has 4 nitrogen and oxygen atoms in total. The van der Waals surface area contributed by atoms with Crippen LogP contribution >= 0.6 is 0 Å². The highest BCUT2D eigenvalue weighted by molar-refractivity contribution is 5.90. The van der Waals surface area contributed by atoms with Gasteiger partial charge in [0.25, 0.3) is 0 Å². The van der Waals surface area contributed by atoms with Crippen molar-refractivity contribution >= 4 is 11.8 Å². The van der Waals surface area contributed by atoms with E-state index in [4.69, 9.17) is 6.42 Å². The Bertz CT molecular complexity index is 647. The fourth-order valence-corrected chi connectivity index (χ4v) is 2.70. The third-order valence-corrected chi connectivity index (χ3v) is 3.87. The topological polar surface area (TPSA) is 49.4 Å². The maximum atomic E-state index is 12.6. The molecule has 7 heteroatoms. The Morgan fingerprint density at radius 1 is 1.39 bits per heavy atom. The van der Waals surface area contributed by atoms with E-state index in [0.29, 0.717) is 5.56 Å².